The van der Waals surface area contributed by atoms with Crippen molar-refractivity contribution in [2.24, 2.45) is 11.1 Å². The number of halogens is 2. The van der Waals surface area contributed by atoms with Crippen molar-refractivity contribution in [1.29, 1.82) is 0 Å². The average Bonchev–Trinajstić information content (AvgIpc) is 2.60. The van der Waals surface area contributed by atoms with Crippen LogP contribution in [0.1, 0.15) is 12.8 Å². The Morgan fingerprint density at radius 1 is 1.25 bits per heavy atom. The van der Waals surface area contributed by atoms with Gasteiger partial charge in [-0.15, -0.1) is 24.8 Å². The van der Waals surface area contributed by atoms with Crippen molar-refractivity contribution in [1.82, 2.24) is 9.97 Å². The summed E-state index contributed by atoms with van der Waals surface area (Å²) >= 11 is 0. The number of anilines is 1. The molecule has 24 heavy (non-hydrogen) atoms. The highest BCUT2D eigenvalue weighted by molar-refractivity contribution is 5.85. The number of esters is 1. The van der Waals surface area contributed by atoms with Crippen LogP contribution >= 0.6 is 24.8 Å². The van der Waals surface area contributed by atoms with E-state index in [0.717, 1.165) is 29.9 Å². The molecular weight excluding hydrogens is 351 g/mol. The summed E-state index contributed by atoms with van der Waals surface area (Å²) in [4.78, 5) is 23.2. The van der Waals surface area contributed by atoms with Crippen molar-refractivity contribution in [3.05, 3.63) is 30.5 Å². The van der Waals surface area contributed by atoms with E-state index >= 15 is 0 Å². The van der Waals surface area contributed by atoms with Gasteiger partial charge in [-0.25, -0.2) is 4.98 Å². The van der Waals surface area contributed by atoms with Crippen LogP contribution in [0, 0.1) is 5.41 Å². The predicted molar refractivity (Wildman–Crippen MR) is 99.0 cm³/mol. The minimum atomic E-state index is -0.560. The van der Waals surface area contributed by atoms with Gasteiger partial charge in [0.15, 0.2) is 0 Å². The molecule has 1 saturated heterocycles. The van der Waals surface area contributed by atoms with Crippen LogP contribution in [0.5, 0.6) is 0 Å². The normalized spacial score (nSPS) is 16.0. The lowest BCUT2D eigenvalue weighted by Crippen LogP contribution is -2.49. The maximum Gasteiger partial charge on any atom is 0.313 e. The van der Waals surface area contributed by atoms with E-state index in [2.05, 4.69) is 14.9 Å². The number of fused-ring (bicyclic) bond motifs is 1. The summed E-state index contributed by atoms with van der Waals surface area (Å²) in [5, 5.41) is 0. The van der Waals surface area contributed by atoms with Crippen LogP contribution in [0.2, 0.25) is 0 Å². The minimum Gasteiger partial charge on any atom is -0.469 e. The lowest BCUT2D eigenvalue weighted by atomic mass is 9.78. The van der Waals surface area contributed by atoms with Gasteiger partial charge in [-0.3, -0.25) is 9.78 Å². The number of aromatic nitrogens is 2. The number of methoxy groups -OCH3 is 1. The first-order valence-electron chi connectivity index (χ1n) is 7.44. The van der Waals surface area contributed by atoms with Gasteiger partial charge in [0.2, 0.25) is 0 Å². The minimum absolute atomic E-state index is 0. The van der Waals surface area contributed by atoms with Crippen LogP contribution in [0.4, 0.5) is 5.82 Å². The molecule has 1 aliphatic heterocycles. The zero-order valence-electron chi connectivity index (χ0n) is 13.5. The number of piperidine rings is 1. The molecule has 2 N–H and O–H groups in total. The largest absolute Gasteiger partial charge is 0.469 e. The van der Waals surface area contributed by atoms with Crippen molar-refractivity contribution in [2.45, 2.75) is 12.8 Å². The average molecular weight is 373 g/mol. The van der Waals surface area contributed by atoms with Gasteiger partial charge in [-0.05, 0) is 25.0 Å². The van der Waals surface area contributed by atoms with Gasteiger partial charge in [0.05, 0.1) is 29.8 Å². The molecule has 1 aromatic carbocycles. The SMILES string of the molecule is COC(=O)C1(CN)CCN(c2cnc3ccccc3n2)CC1.Cl.Cl. The van der Waals surface area contributed by atoms with Crippen molar-refractivity contribution < 1.29 is 9.53 Å². The first-order valence-corrected chi connectivity index (χ1v) is 7.44. The number of rotatable bonds is 3. The van der Waals surface area contributed by atoms with Gasteiger partial charge in [0, 0.05) is 19.6 Å². The van der Waals surface area contributed by atoms with E-state index in [4.69, 9.17) is 10.5 Å². The second-order valence-corrected chi connectivity index (χ2v) is 5.68. The lowest BCUT2D eigenvalue weighted by molar-refractivity contribution is -0.153. The topological polar surface area (TPSA) is 81.3 Å². The van der Waals surface area contributed by atoms with Crippen LogP contribution in [-0.2, 0) is 9.53 Å². The number of nitrogens with two attached hydrogens (primary N) is 1. The van der Waals surface area contributed by atoms with Crippen LogP contribution in [0.3, 0.4) is 0 Å². The van der Waals surface area contributed by atoms with Crippen LogP contribution in [-0.4, -0.2) is 42.7 Å². The Morgan fingerprint density at radius 3 is 2.46 bits per heavy atom. The second-order valence-electron chi connectivity index (χ2n) is 5.68. The molecule has 0 spiro atoms. The van der Waals surface area contributed by atoms with E-state index in [9.17, 15) is 4.79 Å². The highest BCUT2D eigenvalue weighted by Gasteiger charge is 2.41. The molecule has 3 rings (SSSR count). The summed E-state index contributed by atoms with van der Waals surface area (Å²) in [6.07, 6.45) is 3.13. The Hall–Kier alpha value is -1.63. The standard InChI is InChI=1S/C16H20N4O2.2ClH/c1-22-15(21)16(11-17)6-8-20(9-7-16)14-10-18-12-4-2-3-5-13(12)19-14;;/h2-5,10H,6-9,11,17H2,1H3;2*1H. The molecule has 0 radical (unpaired) electrons. The maximum atomic E-state index is 12.0. The van der Waals surface area contributed by atoms with Gasteiger partial charge < -0.3 is 15.4 Å². The highest BCUT2D eigenvalue weighted by atomic mass is 35.5. The zero-order valence-corrected chi connectivity index (χ0v) is 15.1. The molecule has 2 aromatic rings. The third kappa shape index (κ3) is 3.71. The Kier molecular flexibility index (Phi) is 7.20. The number of hydrogen-bond donors (Lipinski definition) is 1. The molecule has 0 aliphatic carbocycles. The Bertz CT molecular complexity index is 691. The molecule has 0 bridgehead atoms. The molecule has 2 heterocycles. The van der Waals surface area contributed by atoms with E-state index in [1.54, 1.807) is 6.20 Å². The monoisotopic (exact) mass is 372 g/mol. The first kappa shape index (κ1) is 20.4. The molecule has 1 fully saturated rings. The van der Waals surface area contributed by atoms with Gasteiger partial charge in [-0.2, -0.15) is 0 Å². The zero-order chi connectivity index (χ0) is 15.6. The van der Waals surface area contributed by atoms with Crippen molar-refractivity contribution in [3.8, 4) is 0 Å². The highest BCUT2D eigenvalue weighted by Crippen LogP contribution is 2.33. The number of benzene rings is 1. The molecule has 0 saturated carbocycles. The fourth-order valence-corrected chi connectivity index (χ4v) is 2.97. The summed E-state index contributed by atoms with van der Waals surface area (Å²) in [7, 11) is 1.42. The van der Waals surface area contributed by atoms with E-state index in [1.165, 1.54) is 7.11 Å². The first-order chi connectivity index (χ1) is 10.7. The maximum absolute atomic E-state index is 12.0. The Balaban J connectivity index is 0.00000144. The molecule has 0 unspecified atom stereocenters. The second kappa shape index (κ2) is 8.46. The number of nitrogens with zero attached hydrogens (tertiary/aromatic N) is 3. The number of carbonyl (C=O) groups excluding carboxylic acids is 1. The van der Waals surface area contributed by atoms with Crippen molar-refractivity contribution in [3.63, 3.8) is 0 Å². The molecule has 0 amide bonds. The number of ether oxygens (including phenoxy) is 1. The summed E-state index contributed by atoms with van der Waals surface area (Å²) in [5.41, 5.74) is 7.03. The van der Waals surface area contributed by atoms with Crippen LogP contribution in [0.25, 0.3) is 11.0 Å². The fraction of sp³-hybridized carbons (Fsp3) is 0.438. The Labute approximate surface area is 153 Å². The number of hydrogen-bond acceptors (Lipinski definition) is 6. The van der Waals surface area contributed by atoms with Gasteiger partial charge in [-0.1, -0.05) is 12.1 Å². The third-order valence-electron chi connectivity index (χ3n) is 4.49. The van der Waals surface area contributed by atoms with Crippen LogP contribution < -0.4 is 10.6 Å². The fourth-order valence-electron chi connectivity index (χ4n) is 2.97. The van der Waals surface area contributed by atoms with Crippen molar-refractivity contribution >= 4 is 47.6 Å². The molecule has 1 aromatic heterocycles. The molecule has 0 atom stereocenters. The summed E-state index contributed by atoms with van der Waals surface area (Å²) < 4.78 is 4.92. The third-order valence-corrected chi connectivity index (χ3v) is 4.49. The van der Waals surface area contributed by atoms with E-state index < -0.39 is 5.41 Å². The lowest BCUT2D eigenvalue weighted by Gasteiger charge is -2.39. The van der Waals surface area contributed by atoms with Crippen molar-refractivity contribution in [2.75, 3.05) is 31.6 Å². The van der Waals surface area contributed by atoms with Gasteiger partial charge in [0.1, 0.15) is 5.82 Å². The molecular formula is C16H22Cl2N4O2. The van der Waals surface area contributed by atoms with E-state index in [-0.39, 0.29) is 30.8 Å². The number of carbonyl (C=O) groups is 1. The molecule has 8 heteroatoms. The van der Waals surface area contributed by atoms with Gasteiger partial charge in [0.25, 0.3) is 0 Å². The molecule has 6 nitrogen and oxygen atoms in total. The predicted octanol–water partition coefficient (Wildman–Crippen LogP) is 2.19. The van der Waals surface area contributed by atoms with Crippen LogP contribution in [0.15, 0.2) is 30.5 Å². The Morgan fingerprint density at radius 2 is 1.88 bits per heavy atom. The molecule has 132 valence electrons. The summed E-state index contributed by atoms with van der Waals surface area (Å²) in [5.74, 6) is 0.633. The molecule has 1 aliphatic rings. The van der Waals surface area contributed by atoms with E-state index in [0.29, 0.717) is 19.4 Å². The number of para-hydroxylation sites is 2. The summed E-state index contributed by atoms with van der Waals surface area (Å²) in [6, 6.07) is 7.80. The summed E-state index contributed by atoms with van der Waals surface area (Å²) in [6.45, 7) is 1.76. The smallest absolute Gasteiger partial charge is 0.313 e. The van der Waals surface area contributed by atoms with E-state index in [1.807, 2.05) is 24.3 Å². The van der Waals surface area contributed by atoms with Gasteiger partial charge >= 0.3 is 5.97 Å². The quantitative estimate of drug-likeness (QED) is 0.831.